The van der Waals surface area contributed by atoms with Crippen LogP contribution in [0.5, 0.6) is 5.75 Å². The lowest BCUT2D eigenvalue weighted by molar-refractivity contribution is 0.314. The molecular formula is C20H35ClN2O. The molecule has 1 atom stereocenters. The zero-order valence-electron chi connectivity index (χ0n) is 16.1. The van der Waals surface area contributed by atoms with Gasteiger partial charge in [0.05, 0.1) is 0 Å². The van der Waals surface area contributed by atoms with Crippen LogP contribution in [0, 0.1) is 5.92 Å². The van der Waals surface area contributed by atoms with Crippen LogP contribution in [0.2, 0.25) is 0 Å². The zero-order valence-corrected chi connectivity index (χ0v) is 16.9. The summed E-state index contributed by atoms with van der Waals surface area (Å²) in [4.78, 5) is 0. The van der Waals surface area contributed by atoms with E-state index in [0.717, 1.165) is 37.1 Å². The zero-order chi connectivity index (χ0) is 17.4. The SMILES string of the molecule is CC(C)(C)c1cc([C@H](N)C2CCNCC2)c(O)c(C(C)(C)C)c1.Cl. The molecule has 0 bridgehead atoms. The Morgan fingerprint density at radius 1 is 1.04 bits per heavy atom. The topological polar surface area (TPSA) is 58.3 Å². The number of halogens is 1. The van der Waals surface area contributed by atoms with Gasteiger partial charge in [0.15, 0.2) is 0 Å². The van der Waals surface area contributed by atoms with Crippen molar-refractivity contribution in [3.8, 4) is 5.75 Å². The first-order chi connectivity index (χ1) is 10.5. The Hall–Kier alpha value is -0.770. The van der Waals surface area contributed by atoms with E-state index < -0.39 is 0 Å². The van der Waals surface area contributed by atoms with Crippen LogP contribution in [0.3, 0.4) is 0 Å². The maximum atomic E-state index is 10.9. The highest BCUT2D eigenvalue weighted by Gasteiger charge is 2.30. The quantitative estimate of drug-likeness (QED) is 0.737. The van der Waals surface area contributed by atoms with Crippen LogP contribution < -0.4 is 11.1 Å². The summed E-state index contributed by atoms with van der Waals surface area (Å²) in [5, 5.41) is 14.3. The average Bonchev–Trinajstić information content (AvgIpc) is 2.45. The first-order valence-corrected chi connectivity index (χ1v) is 8.86. The fourth-order valence-corrected chi connectivity index (χ4v) is 3.37. The van der Waals surface area contributed by atoms with E-state index in [1.54, 1.807) is 0 Å². The number of rotatable bonds is 2. The summed E-state index contributed by atoms with van der Waals surface area (Å²) < 4.78 is 0. The van der Waals surface area contributed by atoms with Gasteiger partial charge in [0, 0.05) is 11.6 Å². The Balaban J connectivity index is 0.00000288. The van der Waals surface area contributed by atoms with Crippen LogP contribution in [-0.4, -0.2) is 18.2 Å². The van der Waals surface area contributed by atoms with Crippen LogP contribution in [0.15, 0.2) is 12.1 Å². The van der Waals surface area contributed by atoms with Gasteiger partial charge in [0.25, 0.3) is 0 Å². The van der Waals surface area contributed by atoms with Crippen molar-refractivity contribution in [1.82, 2.24) is 5.32 Å². The number of benzene rings is 1. The molecule has 1 aliphatic heterocycles. The molecule has 0 unspecified atom stereocenters. The summed E-state index contributed by atoms with van der Waals surface area (Å²) in [5.74, 6) is 0.835. The molecule has 4 heteroatoms. The van der Waals surface area contributed by atoms with Gasteiger partial charge in [-0.05, 0) is 59.9 Å². The summed E-state index contributed by atoms with van der Waals surface area (Å²) in [5.41, 5.74) is 9.72. The summed E-state index contributed by atoms with van der Waals surface area (Å²) in [6, 6.07) is 4.20. The standard InChI is InChI=1S/C20H34N2O.ClH/c1-19(2,3)14-11-15(17(21)13-7-9-22-10-8-13)18(23)16(12-14)20(4,5)6;/h11-13,17,22-23H,7-10,21H2,1-6H3;1H/t17-;/m1./s1. The molecule has 0 aromatic heterocycles. The second-order valence-corrected chi connectivity index (χ2v) is 9.07. The smallest absolute Gasteiger partial charge is 0.124 e. The molecule has 24 heavy (non-hydrogen) atoms. The molecule has 0 aliphatic carbocycles. The van der Waals surface area contributed by atoms with Crippen LogP contribution in [0.25, 0.3) is 0 Å². The predicted octanol–water partition coefficient (Wildman–Crippen LogP) is 4.41. The minimum Gasteiger partial charge on any atom is -0.507 e. The highest BCUT2D eigenvalue weighted by Crippen LogP contribution is 2.41. The highest BCUT2D eigenvalue weighted by atomic mass is 35.5. The lowest BCUT2D eigenvalue weighted by Crippen LogP contribution is -2.34. The van der Waals surface area contributed by atoms with Crippen molar-refractivity contribution in [2.75, 3.05) is 13.1 Å². The third-order valence-corrected chi connectivity index (χ3v) is 5.06. The first-order valence-electron chi connectivity index (χ1n) is 8.86. The van der Waals surface area contributed by atoms with Crippen molar-refractivity contribution in [2.24, 2.45) is 11.7 Å². The molecular weight excluding hydrogens is 320 g/mol. The molecule has 0 radical (unpaired) electrons. The molecule has 0 spiro atoms. The molecule has 2 rings (SSSR count). The van der Waals surface area contributed by atoms with Gasteiger partial charge in [-0.3, -0.25) is 0 Å². The molecule has 138 valence electrons. The lowest BCUT2D eigenvalue weighted by Gasteiger charge is -2.32. The number of nitrogens with two attached hydrogens (primary N) is 1. The Labute approximate surface area is 153 Å². The number of piperidine rings is 1. The molecule has 1 saturated heterocycles. The molecule has 0 amide bonds. The first kappa shape index (κ1) is 21.3. The molecule has 1 aliphatic rings. The third-order valence-electron chi connectivity index (χ3n) is 5.06. The Morgan fingerprint density at radius 2 is 1.58 bits per heavy atom. The Kier molecular flexibility index (Phi) is 6.77. The molecule has 0 saturated carbocycles. The van der Waals surface area contributed by atoms with Gasteiger partial charge >= 0.3 is 0 Å². The maximum Gasteiger partial charge on any atom is 0.124 e. The van der Waals surface area contributed by atoms with Crippen molar-refractivity contribution < 1.29 is 5.11 Å². The summed E-state index contributed by atoms with van der Waals surface area (Å²) in [7, 11) is 0. The van der Waals surface area contributed by atoms with Gasteiger partial charge < -0.3 is 16.2 Å². The van der Waals surface area contributed by atoms with E-state index in [-0.39, 0.29) is 29.3 Å². The predicted molar refractivity (Wildman–Crippen MR) is 105 cm³/mol. The highest BCUT2D eigenvalue weighted by molar-refractivity contribution is 5.85. The largest absolute Gasteiger partial charge is 0.507 e. The van der Waals surface area contributed by atoms with E-state index in [1.165, 1.54) is 5.56 Å². The van der Waals surface area contributed by atoms with E-state index in [9.17, 15) is 5.11 Å². The molecule has 1 fully saturated rings. The Bertz CT molecular complexity index is 552. The molecule has 1 aromatic carbocycles. The number of phenolic OH excluding ortho intramolecular Hbond substituents is 1. The normalized spacial score (nSPS) is 18.1. The fourth-order valence-electron chi connectivity index (χ4n) is 3.37. The summed E-state index contributed by atoms with van der Waals surface area (Å²) in [6.07, 6.45) is 2.15. The Morgan fingerprint density at radius 3 is 2.04 bits per heavy atom. The van der Waals surface area contributed by atoms with Gasteiger partial charge in [-0.15, -0.1) is 12.4 Å². The average molecular weight is 355 g/mol. The van der Waals surface area contributed by atoms with Gasteiger partial charge in [0.1, 0.15) is 5.75 Å². The monoisotopic (exact) mass is 354 g/mol. The van der Waals surface area contributed by atoms with Crippen molar-refractivity contribution in [3.63, 3.8) is 0 Å². The lowest BCUT2D eigenvalue weighted by atomic mass is 9.76. The number of hydrogen-bond donors (Lipinski definition) is 3. The minimum absolute atomic E-state index is 0. The van der Waals surface area contributed by atoms with E-state index in [1.807, 2.05) is 0 Å². The number of phenols is 1. The van der Waals surface area contributed by atoms with Crippen LogP contribution >= 0.6 is 12.4 Å². The van der Waals surface area contributed by atoms with Crippen molar-refractivity contribution in [2.45, 2.75) is 71.3 Å². The maximum absolute atomic E-state index is 10.9. The van der Waals surface area contributed by atoms with Gasteiger partial charge in [0.2, 0.25) is 0 Å². The number of nitrogens with one attached hydrogen (secondary N) is 1. The molecule has 3 nitrogen and oxygen atoms in total. The second-order valence-electron chi connectivity index (χ2n) is 9.07. The summed E-state index contributed by atoms with van der Waals surface area (Å²) in [6.45, 7) is 15.1. The van der Waals surface area contributed by atoms with E-state index >= 15 is 0 Å². The van der Waals surface area contributed by atoms with Gasteiger partial charge in [-0.2, -0.15) is 0 Å². The molecule has 1 aromatic rings. The molecule has 4 N–H and O–H groups in total. The second kappa shape index (κ2) is 7.63. The molecule has 1 heterocycles. The van der Waals surface area contributed by atoms with Crippen LogP contribution in [0.1, 0.15) is 77.1 Å². The van der Waals surface area contributed by atoms with Crippen LogP contribution in [-0.2, 0) is 10.8 Å². The third kappa shape index (κ3) is 4.65. The van der Waals surface area contributed by atoms with Gasteiger partial charge in [-0.1, -0.05) is 47.6 Å². The van der Waals surface area contributed by atoms with Crippen molar-refractivity contribution in [1.29, 1.82) is 0 Å². The van der Waals surface area contributed by atoms with Gasteiger partial charge in [-0.25, -0.2) is 0 Å². The van der Waals surface area contributed by atoms with Crippen molar-refractivity contribution in [3.05, 3.63) is 28.8 Å². The van der Waals surface area contributed by atoms with Crippen LogP contribution in [0.4, 0.5) is 0 Å². The van der Waals surface area contributed by atoms with E-state index in [2.05, 4.69) is 59.0 Å². The summed E-state index contributed by atoms with van der Waals surface area (Å²) >= 11 is 0. The van der Waals surface area contributed by atoms with E-state index in [0.29, 0.717) is 11.7 Å². The van der Waals surface area contributed by atoms with E-state index in [4.69, 9.17) is 5.73 Å². The fraction of sp³-hybridized carbons (Fsp3) is 0.700. The minimum atomic E-state index is -0.103. The number of aromatic hydroxyl groups is 1. The van der Waals surface area contributed by atoms with Crippen molar-refractivity contribution >= 4 is 12.4 Å². The number of hydrogen-bond acceptors (Lipinski definition) is 3.